The fourth-order valence-electron chi connectivity index (χ4n) is 3.52. The van der Waals surface area contributed by atoms with Crippen LogP contribution in [0.4, 0.5) is 11.5 Å². The van der Waals surface area contributed by atoms with Gasteiger partial charge in [-0.3, -0.25) is 19.7 Å². The number of pyridine rings is 2. The summed E-state index contributed by atoms with van der Waals surface area (Å²) in [6.07, 6.45) is 8.43. The maximum absolute atomic E-state index is 12.6. The van der Waals surface area contributed by atoms with E-state index in [2.05, 4.69) is 26.3 Å². The van der Waals surface area contributed by atoms with E-state index in [1.165, 1.54) is 0 Å². The number of nitrogens with one attached hydrogen (secondary N) is 1. The first kappa shape index (κ1) is 18.0. The van der Waals surface area contributed by atoms with Crippen LogP contribution < -0.4 is 5.32 Å². The molecule has 1 amide bonds. The van der Waals surface area contributed by atoms with E-state index in [4.69, 9.17) is 4.98 Å². The molecule has 1 fully saturated rings. The topological polar surface area (TPSA) is 83.9 Å². The maximum atomic E-state index is 12.6. The molecule has 7 heteroatoms. The summed E-state index contributed by atoms with van der Waals surface area (Å²) in [7, 11) is 0. The molecule has 0 saturated carbocycles. The highest BCUT2D eigenvalue weighted by Crippen LogP contribution is 2.29. The predicted molar refractivity (Wildman–Crippen MR) is 106 cm³/mol. The summed E-state index contributed by atoms with van der Waals surface area (Å²) in [4.78, 5) is 31.7. The Morgan fingerprint density at radius 3 is 2.68 bits per heavy atom. The number of hydrogen-bond donors (Lipinski definition) is 1. The number of nitrogens with zero attached hydrogens (tertiary/aromatic N) is 5. The molecule has 3 aromatic heterocycles. The van der Waals surface area contributed by atoms with Gasteiger partial charge in [0.15, 0.2) is 0 Å². The first-order chi connectivity index (χ1) is 13.7. The van der Waals surface area contributed by atoms with E-state index in [0.29, 0.717) is 30.5 Å². The molecule has 1 aliphatic heterocycles. The van der Waals surface area contributed by atoms with Gasteiger partial charge >= 0.3 is 0 Å². The summed E-state index contributed by atoms with van der Waals surface area (Å²) in [5.41, 5.74) is 3.47. The van der Waals surface area contributed by atoms with Crippen molar-refractivity contribution in [1.29, 1.82) is 0 Å². The lowest BCUT2D eigenvalue weighted by Gasteiger charge is -2.31. The molecule has 4 rings (SSSR count). The van der Waals surface area contributed by atoms with E-state index in [1.54, 1.807) is 30.9 Å². The van der Waals surface area contributed by atoms with E-state index in [-0.39, 0.29) is 5.91 Å². The van der Waals surface area contributed by atoms with Gasteiger partial charge in [0, 0.05) is 54.7 Å². The minimum absolute atomic E-state index is 0.00117. The highest BCUT2D eigenvalue weighted by atomic mass is 16.2. The van der Waals surface area contributed by atoms with Crippen molar-refractivity contribution < 1.29 is 4.79 Å². The van der Waals surface area contributed by atoms with Crippen LogP contribution in [-0.2, 0) is 0 Å². The average molecular weight is 374 g/mol. The molecule has 0 atom stereocenters. The molecule has 4 heterocycles. The number of anilines is 2. The van der Waals surface area contributed by atoms with Crippen LogP contribution in [0.25, 0.3) is 0 Å². The molecule has 1 saturated heterocycles. The summed E-state index contributed by atoms with van der Waals surface area (Å²) in [5.74, 6) is 1.03. The van der Waals surface area contributed by atoms with Crippen LogP contribution in [0.2, 0.25) is 0 Å². The summed E-state index contributed by atoms with van der Waals surface area (Å²) >= 11 is 0. The van der Waals surface area contributed by atoms with Gasteiger partial charge in [-0.05, 0) is 44.0 Å². The minimum Gasteiger partial charge on any atom is -0.339 e. The van der Waals surface area contributed by atoms with Gasteiger partial charge in [-0.15, -0.1) is 0 Å². The Balaban J connectivity index is 1.44. The third-order valence-corrected chi connectivity index (χ3v) is 4.89. The maximum Gasteiger partial charge on any atom is 0.272 e. The van der Waals surface area contributed by atoms with Gasteiger partial charge < -0.3 is 10.2 Å². The number of rotatable bonds is 4. The molecule has 0 bridgehead atoms. The van der Waals surface area contributed by atoms with Crippen molar-refractivity contribution in [3.63, 3.8) is 0 Å². The number of likely N-dealkylation sites (tertiary alicyclic amines) is 1. The Labute approximate surface area is 163 Å². The summed E-state index contributed by atoms with van der Waals surface area (Å²) in [5, 5.41) is 3.29. The molecule has 1 aliphatic rings. The number of hydrogen-bond acceptors (Lipinski definition) is 6. The third kappa shape index (κ3) is 4.14. The predicted octanol–water partition coefficient (Wildman–Crippen LogP) is 3.34. The van der Waals surface area contributed by atoms with Crippen LogP contribution >= 0.6 is 0 Å². The SMILES string of the molecule is Cc1cc(Nc2cnccn2)cc(C2CCN(C(=O)c3ccccn3)CC2)n1. The zero-order valence-corrected chi connectivity index (χ0v) is 15.7. The number of amides is 1. The highest BCUT2D eigenvalue weighted by molar-refractivity contribution is 5.92. The fourth-order valence-corrected chi connectivity index (χ4v) is 3.52. The second kappa shape index (κ2) is 8.12. The lowest BCUT2D eigenvalue weighted by molar-refractivity contribution is 0.0706. The van der Waals surface area contributed by atoms with Crippen LogP contribution in [0.5, 0.6) is 0 Å². The zero-order valence-electron chi connectivity index (χ0n) is 15.7. The van der Waals surface area contributed by atoms with Crippen molar-refractivity contribution in [3.05, 3.63) is 72.2 Å². The van der Waals surface area contributed by atoms with Crippen molar-refractivity contribution in [1.82, 2.24) is 24.8 Å². The number of piperidine rings is 1. The molecule has 142 valence electrons. The highest BCUT2D eigenvalue weighted by Gasteiger charge is 2.26. The molecule has 1 N–H and O–H groups in total. The van der Waals surface area contributed by atoms with Crippen LogP contribution in [0.1, 0.15) is 40.6 Å². The van der Waals surface area contributed by atoms with E-state index in [0.717, 1.165) is 29.9 Å². The third-order valence-electron chi connectivity index (χ3n) is 4.89. The normalized spacial score (nSPS) is 14.7. The molecule has 0 aliphatic carbocycles. The van der Waals surface area contributed by atoms with E-state index >= 15 is 0 Å². The molecule has 0 spiro atoms. The summed E-state index contributed by atoms with van der Waals surface area (Å²) < 4.78 is 0. The number of aryl methyl sites for hydroxylation is 1. The van der Waals surface area contributed by atoms with Crippen molar-refractivity contribution in [2.24, 2.45) is 0 Å². The Bertz CT molecular complexity index is 940. The Morgan fingerprint density at radius 2 is 1.96 bits per heavy atom. The Morgan fingerprint density at radius 1 is 1.11 bits per heavy atom. The van der Waals surface area contributed by atoms with Gasteiger partial charge in [-0.25, -0.2) is 4.98 Å². The number of carbonyl (C=O) groups excluding carboxylic acids is 1. The van der Waals surface area contributed by atoms with Gasteiger partial charge in [0.2, 0.25) is 0 Å². The van der Waals surface area contributed by atoms with E-state index < -0.39 is 0 Å². The summed E-state index contributed by atoms with van der Waals surface area (Å²) in [6, 6.07) is 9.50. The molecule has 28 heavy (non-hydrogen) atoms. The fraction of sp³-hybridized carbons (Fsp3) is 0.286. The minimum atomic E-state index is 0.00117. The lowest BCUT2D eigenvalue weighted by atomic mass is 9.92. The van der Waals surface area contributed by atoms with E-state index in [1.807, 2.05) is 30.0 Å². The molecular weight excluding hydrogens is 352 g/mol. The lowest BCUT2D eigenvalue weighted by Crippen LogP contribution is -2.38. The first-order valence-electron chi connectivity index (χ1n) is 9.41. The largest absolute Gasteiger partial charge is 0.339 e. The Kier molecular flexibility index (Phi) is 5.23. The average Bonchev–Trinajstić information content (AvgIpc) is 2.74. The molecular formula is C21H22N6O. The monoisotopic (exact) mass is 374 g/mol. The van der Waals surface area contributed by atoms with Crippen LogP contribution in [0.3, 0.4) is 0 Å². The second-order valence-corrected chi connectivity index (χ2v) is 6.92. The van der Waals surface area contributed by atoms with Gasteiger partial charge in [0.25, 0.3) is 5.91 Å². The molecule has 0 radical (unpaired) electrons. The van der Waals surface area contributed by atoms with Crippen LogP contribution in [0.15, 0.2) is 55.1 Å². The van der Waals surface area contributed by atoms with Gasteiger partial charge in [-0.2, -0.15) is 0 Å². The number of carbonyl (C=O) groups is 1. The van der Waals surface area contributed by atoms with Crippen LogP contribution in [0, 0.1) is 6.92 Å². The van der Waals surface area contributed by atoms with Gasteiger partial charge in [0.1, 0.15) is 11.5 Å². The smallest absolute Gasteiger partial charge is 0.272 e. The van der Waals surface area contributed by atoms with Crippen molar-refractivity contribution in [3.8, 4) is 0 Å². The molecule has 7 nitrogen and oxygen atoms in total. The molecule has 0 unspecified atom stereocenters. The summed E-state index contributed by atoms with van der Waals surface area (Å²) in [6.45, 7) is 3.41. The van der Waals surface area contributed by atoms with Crippen LogP contribution in [-0.4, -0.2) is 43.8 Å². The quantitative estimate of drug-likeness (QED) is 0.754. The van der Waals surface area contributed by atoms with Crippen molar-refractivity contribution >= 4 is 17.4 Å². The second-order valence-electron chi connectivity index (χ2n) is 6.92. The number of aromatic nitrogens is 4. The van der Waals surface area contributed by atoms with Crippen molar-refractivity contribution in [2.75, 3.05) is 18.4 Å². The van der Waals surface area contributed by atoms with Gasteiger partial charge in [0.05, 0.1) is 6.20 Å². The van der Waals surface area contributed by atoms with E-state index in [9.17, 15) is 4.79 Å². The first-order valence-corrected chi connectivity index (χ1v) is 9.41. The molecule has 0 aromatic carbocycles. The zero-order chi connectivity index (χ0) is 19.3. The van der Waals surface area contributed by atoms with Crippen molar-refractivity contribution in [2.45, 2.75) is 25.7 Å². The Hall–Kier alpha value is -3.35. The molecule has 3 aromatic rings. The standard InChI is InChI=1S/C21H22N6O/c1-15-12-17(26-20-14-22-8-9-24-20)13-19(25-15)16-5-10-27(11-6-16)21(28)18-4-2-3-7-23-18/h2-4,7-9,12-14,16H,5-6,10-11H2,1H3,(H,24,25,26). The van der Waals surface area contributed by atoms with Gasteiger partial charge in [-0.1, -0.05) is 6.07 Å².